The maximum atomic E-state index is 13.6. The Morgan fingerprint density at radius 3 is 2.95 bits per heavy atom. The van der Waals surface area contributed by atoms with E-state index in [0.29, 0.717) is 17.4 Å². The summed E-state index contributed by atoms with van der Waals surface area (Å²) in [5.74, 6) is -0.0404. The molecule has 0 bridgehead atoms. The van der Waals surface area contributed by atoms with Crippen LogP contribution in [0.1, 0.15) is 5.56 Å². The molecule has 2 aromatic rings. The number of halogens is 3. The van der Waals surface area contributed by atoms with Crippen molar-refractivity contribution < 1.29 is 9.13 Å². The van der Waals surface area contributed by atoms with E-state index >= 15 is 0 Å². The van der Waals surface area contributed by atoms with Crippen LogP contribution in [-0.2, 0) is 6.54 Å². The van der Waals surface area contributed by atoms with E-state index in [1.165, 1.54) is 12.3 Å². The van der Waals surface area contributed by atoms with Crippen LogP contribution >= 0.6 is 27.5 Å². The molecule has 2 rings (SSSR count). The summed E-state index contributed by atoms with van der Waals surface area (Å²) in [6.07, 6.45) is 1.49. The normalized spacial score (nSPS) is 10.5. The molecule has 0 unspecified atom stereocenters. The van der Waals surface area contributed by atoms with E-state index in [-0.39, 0.29) is 5.75 Å². The molecular weight excluding hydrogens is 335 g/mol. The van der Waals surface area contributed by atoms with Gasteiger partial charge < -0.3 is 10.1 Å². The third kappa shape index (κ3) is 3.65. The second-order valence-electron chi connectivity index (χ2n) is 3.82. The summed E-state index contributed by atoms with van der Waals surface area (Å²) < 4.78 is 19.7. The van der Waals surface area contributed by atoms with Gasteiger partial charge in [0.05, 0.1) is 5.02 Å². The minimum absolute atomic E-state index is 0.111. The highest BCUT2D eigenvalue weighted by molar-refractivity contribution is 9.10. The fourth-order valence-corrected chi connectivity index (χ4v) is 2.02. The maximum Gasteiger partial charge on any atom is 0.219 e. The molecule has 1 N–H and O–H groups in total. The first-order valence-corrected chi connectivity index (χ1v) is 6.69. The second-order valence-corrected chi connectivity index (χ2v) is 5.14. The first-order valence-electron chi connectivity index (χ1n) is 5.52. The van der Waals surface area contributed by atoms with E-state index < -0.39 is 5.82 Å². The molecule has 0 aliphatic heterocycles. The van der Waals surface area contributed by atoms with Crippen LogP contribution in [0.15, 0.2) is 34.9 Å². The monoisotopic (exact) mass is 344 g/mol. The van der Waals surface area contributed by atoms with Gasteiger partial charge in [0.2, 0.25) is 5.88 Å². The summed E-state index contributed by atoms with van der Waals surface area (Å²) in [6, 6.07) is 6.15. The Hall–Kier alpha value is -1.17. The van der Waals surface area contributed by atoms with Gasteiger partial charge in [0.15, 0.2) is 11.6 Å². The zero-order valence-electron chi connectivity index (χ0n) is 10.1. The molecule has 0 atom stereocenters. The van der Waals surface area contributed by atoms with Crippen LogP contribution in [-0.4, -0.2) is 12.0 Å². The Morgan fingerprint density at radius 1 is 1.42 bits per heavy atom. The quantitative estimate of drug-likeness (QED) is 0.904. The van der Waals surface area contributed by atoms with Crippen LogP contribution in [0.25, 0.3) is 0 Å². The Labute approximate surface area is 123 Å². The number of ether oxygens (including phenoxy) is 1. The predicted octanol–water partition coefficient (Wildman–Crippen LogP) is 4.15. The number of hydrogen-bond donors (Lipinski definition) is 1. The molecule has 0 saturated heterocycles. The number of rotatable bonds is 4. The first kappa shape index (κ1) is 14.2. The smallest absolute Gasteiger partial charge is 0.219 e. The summed E-state index contributed by atoms with van der Waals surface area (Å²) in [6.45, 7) is 0.582. The van der Waals surface area contributed by atoms with E-state index in [9.17, 15) is 4.39 Å². The SMILES string of the molecule is CNCc1cc(Oc2cc(Br)ccc2F)ncc1Cl. The van der Waals surface area contributed by atoms with Crippen molar-refractivity contribution in [2.45, 2.75) is 6.54 Å². The summed E-state index contributed by atoms with van der Waals surface area (Å²) in [7, 11) is 1.81. The van der Waals surface area contributed by atoms with Crippen molar-refractivity contribution >= 4 is 27.5 Å². The van der Waals surface area contributed by atoms with Gasteiger partial charge in [-0.05, 0) is 30.8 Å². The molecule has 19 heavy (non-hydrogen) atoms. The summed E-state index contributed by atoms with van der Waals surface area (Å²) >= 11 is 9.26. The number of nitrogens with one attached hydrogen (secondary N) is 1. The first-order chi connectivity index (χ1) is 9.10. The lowest BCUT2D eigenvalue weighted by molar-refractivity contribution is 0.426. The highest BCUT2D eigenvalue weighted by Gasteiger charge is 2.08. The molecule has 0 aliphatic rings. The van der Waals surface area contributed by atoms with Gasteiger partial charge in [-0.3, -0.25) is 0 Å². The molecule has 1 heterocycles. The zero-order valence-corrected chi connectivity index (χ0v) is 12.4. The van der Waals surface area contributed by atoms with Crippen molar-refractivity contribution in [3.63, 3.8) is 0 Å². The highest BCUT2D eigenvalue weighted by atomic mass is 79.9. The fraction of sp³-hybridized carbons (Fsp3) is 0.154. The van der Waals surface area contributed by atoms with E-state index in [0.717, 1.165) is 10.0 Å². The average molecular weight is 346 g/mol. The maximum absolute atomic E-state index is 13.6. The molecular formula is C13H11BrClFN2O. The van der Waals surface area contributed by atoms with Crippen molar-refractivity contribution in [1.82, 2.24) is 10.3 Å². The van der Waals surface area contributed by atoms with Crippen LogP contribution in [0.4, 0.5) is 4.39 Å². The number of pyridine rings is 1. The number of hydrogen-bond acceptors (Lipinski definition) is 3. The van der Waals surface area contributed by atoms with Crippen molar-refractivity contribution in [3.05, 3.63) is 51.3 Å². The van der Waals surface area contributed by atoms with E-state index in [2.05, 4.69) is 26.2 Å². The van der Waals surface area contributed by atoms with E-state index in [1.54, 1.807) is 18.2 Å². The lowest BCUT2D eigenvalue weighted by Gasteiger charge is -2.09. The topological polar surface area (TPSA) is 34.1 Å². The second kappa shape index (κ2) is 6.32. The molecule has 0 amide bonds. The van der Waals surface area contributed by atoms with Gasteiger partial charge in [-0.1, -0.05) is 27.5 Å². The zero-order chi connectivity index (χ0) is 13.8. The average Bonchev–Trinajstić information content (AvgIpc) is 2.38. The van der Waals surface area contributed by atoms with Gasteiger partial charge >= 0.3 is 0 Å². The molecule has 1 aromatic heterocycles. The molecule has 1 aromatic carbocycles. The molecule has 6 heteroatoms. The van der Waals surface area contributed by atoms with Gasteiger partial charge in [0.25, 0.3) is 0 Å². The number of benzene rings is 1. The van der Waals surface area contributed by atoms with Crippen LogP contribution in [0.5, 0.6) is 11.6 Å². The van der Waals surface area contributed by atoms with E-state index in [1.807, 2.05) is 7.05 Å². The summed E-state index contributed by atoms with van der Waals surface area (Å²) in [5, 5.41) is 3.53. The van der Waals surface area contributed by atoms with Gasteiger partial charge in [0, 0.05) is 23.3 Å². The molecule has 100 valence electrons. The largest absolute Gasteiger partial charge is 0.436 e. The van der Waals surface area contributed by atoms with Crippen molar-refractivity contribution in [2.75, 3.05) is 7.05 Å². The molecule has 0 saturated carbocycles. The van der Waals surface area contributed by atoms with Gasteiger partial charge in [0.1, 0.15) is 0 Å². The molecule has 0 spiro atoms. The molecule has 3 nitrogen and oxygen atoms in total. The molecule has 0 aliphatic carbocycles. The van der Waals surface area contributed by atoms with Crippen molar-refractivity contribution in [2.24, 2.45) is 0 Å². The Balaban J connectivity index is 2.28. The Kier molecular flexibility index (Phi) is 4.74. The highest BCUT2D eigenvalue weighted by Crippen LogP contribution is 2.28. The van der Waals surface area contributed by atoms with Gasteiger partial charge in [-0.25, -0.2) is 9.37 Å². The number of nitrogens with zero attached hydrogens (tertiary/aromatic N) is 1. The lowest BCUT2D eigenvalue weighted by Crippen LogP contribution is -2.06. The van der Waals surface area contributed by atoms with Crippen LogP contribution in [0.3, 0.4) is 0 Å². The van der Waals surface area contributed by atoms with Gasteiger partial charge in [-0.15, -0.1) is 0 Å². The summed E-state index contributed by atoms with van der Waals surface area (Å²) in [4.78, 5) is 4.02. The third-order valence-corrected chi connectivity index (χ3v) is 3.22. The van der Waals surface area contributed by atoms with E-state index in [4.69, 9.17) is 16.3 Å². The standard InChI is InChI=1S/C13H11BrClFN2O/c1-17-6-8-4-13(18-7-10(8)15)19-12-5-9(14)2-3-11(12)16/h2-5,7,17H,6H2,1H3. The lowest BCUT2D eigenvalue weighted by atomic mass is 10.2. The van der Waals surface area contributed by atoms with Crippen molar-refractivity contribution in [3.8, 4) is 11.6 Å². The van der Waals surface area contributed by atoms with Crippen LogP contribution in [0.2, 0.25) is 5.02 Å². The Bertz CT molecular complexity index is 595. The molecule has 0 fully saturated rings. The Morgan fingerprint density at radius 2 is 2.21 bits per heavy atom. The van der Waals surface area contributed by atoms with Crippen molar-refractivity contribution in [1.29, 1.82) is 0 Å². The fourth-order valence-electron chi connectivity index (χ4n) is 1.51. The molecule has 0 radical (unpaired) electrons. The van der Waals surface area contributed by atoms with Crippen LogP contribution in [0, 0.1) is 5.82 Å². The predicted molar refractivity (Wildman–Crippen MR) is 76.2 cm³/mol. The third-order valence-electron chi connectivity index (χ3n) is 2.38. The van der Waals surface area contributed by atoms with Crippen LogP contribution < -0.4 is 10.1 Å². The van der Waals surface area contributed by atoms with Gasteiger partial charge in [-0.2, -0.15) is 0 Å². The minimum Gasteiger partial charge on any atom is -0.436 e. The minimum atomic E-state index is -0.449. The summed E-state index contributed by atoms with van der Waals surface area (Å²) in [5.41, 5.74) is 0.838. The number of aromatic nitrogens is 1.